The number of benzene rings is 1. The number of nitrogens with two attached hydrogens (primary N) is 1. The normalized spacial score (nSPS) is 11.0. The van der Waals surface area contributed by atoms with Crippen molar-refractivity contribution in [2.24, 2.45) is 5.73 Å². The molecule has 0 aromatic heterocycles. The molecule has 0 saturated carbocycles. The molecule has 2 amide bonds. The van der Waals surface area contributed by atoms with Gasteiger partial charge in [-0.3, -0.25) is 9.59 Å². The smallest absolute Gasteiger partial charge is 0.251 e. The monoisotopic (exact) mass is 290 g/mol. The standard InChI is InChI=1S/C10H11ClN2O4S/c1-18(16,17)8-4-6(2-3-7(8)11)10(15)13-5-9(12)14/h2-4H,5H2,1H3,(H2,12,14)(H,13,15). The average molecular weight is 291 g/mol. The van der Waals surface area contributed by atoms with Gasteiger partial charge in [-0.15, -0.1) is 0 Å². The topological polar surface area (TPSA) is 106 Å². The molecule has 1 aromatic rings. The molecule has 0 fully saturated rings. The zero-order valence-corrected chi connectivity index (χ0v) is 11.0. The van der Waals surface area contributed by atoms with Gasteiger partial charge in [0.25, 0.3) is 5.91 Å². The summed E-state index contributed by atoms with van der Waals surface area (Å²) in [4.78, 5) is 21.9. The van der Waals surface area contributed by atoms with Crippen LogP contribution in [-0.2, 0) is 14.6 Å². The molecule has 0 aliphatic heterocycles. The fraction of sp³-hybridized carbons (Fsp3) is 0.200. The Kier molecular flexibility index (Phi) is 4.31. The van der Waals surface area contributed by atoms with Crippen molar-refractivity contribution in [1.82, 2.24) is 5.32 Å². The maximum atomic E-state index is 11.6. The molecule has 0 heterocycles. The van der Waals surface area contributed by atoms with E-state index in [-0.39, 0.29) is 22.0 Å². The van der Waals surface area contributed by atoms with Gasteiger partial charge in [0.2, 0.25) is 5.91 Å². The van der Waals surface area contributed by atoms with Crippen molar-refractivity contribution < 1.29 is 18.0 Å². The molecule has 6 nitrogen and oxygen atoms in total. The minimum atomic E-state index is -3.52. The number of primary amides is 1. The van der Waals surface area contributed by atoms with E-state index >= 15 is 0 Å². The van der Waals surface area contributed by atoms with Gasteiger partial charge >= 0.3 is 0 Å². The van der Waals surface area contributed by atoms with Crippen LogP contribution in [0, 0.1) is 0 Å². The van der Waals surface area contributed by atoms with E-state index < -0.39 is 21.7 Å². The number of amides is 2. The molecule has 3 N–H and O–H groups in total. The van der Waals surface area contributed by atoms with Gasteiger partial charge in [0.1, 0.15) is 0 Å². The molecule has 1 aromatic carbocycles. The van der Waals surface area contributed by atoms with Gasteiger partial charge in [-0.1, -0.05) is 11.6 Å². The van der Waals surface area contributed by atoms with Gasteiger partial charge < -0.3 is 11.1 Å². The van der Waals surface area contributed by atoms with Crippen molar-refractivity contribution in [3.63, 3.8) is 0 Å². The van der Waals surface area contributed by atoms with Crippen molar-refractivity contribution >= 4 is 33.3 Å². The molecule has 18 heavy (non-hydrogen) atoms. The Bertz CT molecular complexity index is 598. The first-order valence-corrected chi connectivity index (χ1v) is 7.05. The average Bonchev–Trinajstić information content (AvgIpc) is 2.24. The molecule has 0 aliphatic rings. The summed E-state index contributed by atoms with van der Waals surface area (Å²) in [6, 6.07) is 3.80. The van der Waals surface area contributed by atoms with E-state index in [1.54, 1.807) is 0 Å². The van der Waals surface area contributed by atoms with E-state index in [2.05, 4.69) is 5.32 Å². The van der Waals surface area contributed by atoms with Crippen molar-refractivity contribution in [3.8, 4) is 0 Å². The van der Waals surface area contributed by atoms with Crippen LogP contribution in [-0.4, -0.2) is 33.0 Å². The lowest BCUT2D eigenvalue weighted by atomic mass is 10.2. The fourth-order valence-electron chi connectivity index (χ4n) is 1.20. The van der Waals surface area contributed by atoms with Crippen LogP contribution in [0.3, 0.4) is 0 Å². The second-order valence-corrected chi connectivity index (χ2v) is 5.96. The molecule has 0 unspecified atom stereocenters. The van der Waals surface area contributed by atoms with Crippen LogP contribution >= 0.6 is 11.6 Å². The molecular formula is C10H11ClN2O4S. The van der Waals surface area contributed by atoms with E-state index in [1.165, 1.54) is 12.1 Å². The summed E-state index contributed by atoms with van der Waals surface area (Å²) in [5.41, 5.74) is 4.96. The Hall–Kier alpha value is -1.60. The van der Waals surface area contributed by atoms with Gasteiger partial charge in [0.15, 0.2) is 9.84 Å². The van der Waals surface area contributed by atoms with Crippen LogP contribution in [0.5, 0.6) is 0 Å². The highest BCUT2D eigenvalue weighted by Gasteiger charge is 2.15. The third-order valence-electron chi connectivity index (χ3n) is 2.02. The second kappa shape index (κ2) is 5.36. The highest BCUT2D eigenvalue weighted by atomic mass is 35.5. The van der Waals surface area contributed by atoms with Crippen LogP contribution < -0.4 is 11.1 Å². The number of sulfone groups is 1. The van der Waals surface area contributed by atoms with E-state index in [1.807, 2.05) is 0 Å². The summed E-state index contributed by atoms with van der Waals surface area (Å²) >= 11 is 5.73. The highest BCUT2D eigenvalue weighted by molar-refractivity contribution is 7.90. The molecule has 0 bridgehead atoms. The van der Waals surface area contributed by atoms with Gasteiger partial charge in [-0.2, -0.15) is 0 Å². The summed E-state index contributed by atoms with van der Waals surface area (Å²) in [5.74, 6) is -1.30. The van der Waals surface area contributed by atoms with Crippen molar-refractivity contribution in [2.75, 3.05) is 12.8 Å². The molecule has 0 radical (unpaired) electrons. The molecular weight excluding hydrogens is 280 g/mol. The predicted octanol–water partition coefficient (Wildman–Crippen LogP) is -0.0414. The number of hydrogen-bond donors (Lipinski definition) is 2. The number of halogens is 1. The Morgan fingerprint density at radius 1 is 1.39 bits per heavy atom. The van der Waals surface area contributed by atoms with E-state index in [0.29, 0.717) is 0 Å². The first-order chi connectivity index (χ1) is 8.21. The third kappa shape index (κ3) is 3.71. The maximum absolute atomic E-state index is 11.6. The first-order valence-electron chi connectivity index (χ1n) is 4.78. The van der Waals surface area contributed by atoms with Crippen LogP contribution in [0.2, 0.25) is 5.02 Å². The molecule has 0 aliphatic carbocycles. The Labute approximate surface area is 109 Å². The zero-order valence-electron chi connectivity index (χ0n) is 9.44. The second-order valence-electron chi connectivity index (χ2n) is 3.57. The third-order valence-corrected chi connectivity index (χ3v) is 3.59. The summed E-state index contributed by atoms with van der Waals surface area (Å²) in [6.07, 6.45) is 0.985. The minimum absolute atomic E-state index is 0.0314. The van der Waals surface area contributed by atoms with Gasteiger partial charge in [-0.05, 0) is 18.2 Å². The summed E-state index contributed by atoms with van der Waals surface area (Å²) in [7, 11) is -3.52. The molecule has 0 saturated heterocycles. The van der Waals surface area contributed by atoms with Gasteiger partial charge in [0.05, 0.1) is 16.5 Å². The van der Waals surface area contributed by atoms with E-state index in [4.69, 9.17) is 17.3 Å². The Balaban J connectivity index is 3.06. The number of carbonyl (C=O) groups excluding carboxylic acids is 2. The Morgan fingerprint density at radius 2 is 2.00 bits per heavy atom. The minimum Gasteiger partial charge on any atom is -0.368 e. The Morgan fingerprint density at radius 3 is 2.50 bits per heavy atom. The summed E-state index contributed by atoms with van der Waals surface area (Å²) in [5, 5.41) is 2.28. The van der Waals surface area contributed by atoms with Crippen LogP contribution in [0.4, 0.5) is 0 Å². The molecule has 1 rings (SSSR count). The van der Waals surface area contributed by atoms with Gasteiger partial charge in [-0.25, -0.2) is 8.42 Å². The molecule has 8 heteroatoms. The zero-order chi connectivity index (χ0) is 13.9. The number of nitrogens with one attached hydrogen (secondary N) is 1. The van der Waals surface area contributed by atoms with E-state index in [9.17, 15) is 18.0 Å². The molecule has 0 spiro atoms. The number of carbonyl (C=O) groups is 2. The van der Waals surface area contributed by atoms with Crippen molar-refractivity contribution in [3.05, 3.63) is 28.8 Å². The largest absolute Gasteiger partial charge is 0.368 e. The number of hydrogen-bond acceptors (Lipinski definition) is 4. The molecule has 98 valence electrons. The maximum Gasteiger partial charge on any atom is 0.251 e. The SMILES string of the molecule is CS(=O)(=O)c1cc(C(=O)NCC(N)=O)ccc1Cl. The lowest BCUT2D eigenvalue weighted by molar-refractivity contribution is -0.117. The summed E-state index contributed by atoms with van der Waals surface area (Å²) < 4.78 is 22.8. The molecule has 0 atom stereocenters. The lowest BCUT2D eigenvalue weighted by Gasteiger charge is -2.06. The fourth-order valence-corrected chi connectivity index (χ4v) is 2.50. The van der Waals surface area contributed by atoms with Crippen LogP contribution in [0.15, 0.2) is 23.1 Å². The van der Waals surface area contributed by atoms with Gasteiger partial charge in [0, 0.05) is 11.8 Å². The van der Waals surface area contributed by atoms with Crippen LogP contribution in [0.25, 0.3) is 0 Å². The van der Waals surface area contributed by atoms with Crippen LogP contribution in [0.1, 0.15) is 10.4 Å². The predicted molar refractivity (Wildman–Crippen MR) is 66.1 cm³/mol. The van der Waals surface area contributed by atoms with E-state index in [0.717, 1.165) is 12.3 Å². The van der Waals surface area contributed by atoms with Crippen molar-refractivity contribution in [1.29, 1.82) is 0 Å². The van der Waals surface area contributed by atoms with Crippen molar-refractivity contribution in [2.45, 2.75) is 4.90 Å². The highest BCUT2D eigenvalue weighted by Crippen LogP contribution is 2.22. The quantitative estimate of drug-likeness (QED) is 0.811. The first kappa shape index (κ1) is 14.5. The summed E-state index contributed by atoms with van der Waals surface area (Å²) in [6.45, 7) is -0.324. The lowest BCUT2D eigenvalue weighted by Crippen LogP contribution is -2.33. The number of rotatable bonds is 4.